The highest BCUT2D eigenvalue weighted by molar-refractivity contribution is 5.69. The molecule has 162 valence electrons. The number of rotatable bonds is 5. The van der Waals surface area contributed by atoms with Crippen LogP contribution in [0.25, 0.3) is 29.7 Å². The highest BCUT2D eigenvalue weighted by Crippen LogP contribution is 2.34. The Balaban J connectivity index is 1.75. The molecule has 0 radical (unpaired) electrons. The van der Waals surface area contributed by atoms with Crippen molar-refractivity contribution in [3.05, 3.63) is 96.5 Å². The number of ether oxygens (including phenoxy) is 1. The zero-order chi connectivity index (χ0) is 23.0. The third-order valence-corrected chi connectivity index (χ3v) is 5.33. The van der Waals surface area contributed by atoms with Crippen molar-refractivity contribution in [2.45, 2.75) is 13.8 Å². The molecular formula is C24H21N3O5. The van der Waals surface area contributed by atoms with Crippen LogP contribution in [0.2, 0.25) is 0 Å². The summed E-state index contributed by atoms with van der Waals surface area (Å²) in [6, 6.07) is 13.5. The molecular weight excluding hydrogens is 410 g/mol. The summed E-state index contributed by atoms with van der Waals surface area (Å²) >= 11 is 0. The van der Waals surface area contributed by atoms with E-state index in [1.54, 1.807) is 24.3 Å². The fraction of sp³-hybridized carbons (Fsp3) is 0.125. The second-order valence-corrected chi connectivity index (χ2v) is 7.40. The summed E-state index contributed by atoms with van der Waals surface area (Å²) in [4.78, 5) is 23.5. The van der Waals surface area contributed by atoms with Crippen molar-refractivity contribution in [2.75, 3.05) is 7.11 Å². The van der Waals surface area contributed by atoms with E-state index in [0.29, 0.717) is 33.4 Å². The number of furan rings is 1. The maximum absolute atomic E-state index is 13.0. The molecule has 0 aliphatic carbocycles. The van der Waals surface area contributed by atoms with E-state index in [1.807, 2.05) is 32.0 Å². The van der Waals surface area contributed by atoms with Gasteiger partial charge in [0.25, 0.3) is 11.2 Å². The third-order valence-electron chi connectivity index (χ3n) is 5.33. The number of aromatic nitrogens is 2. The minimum atomic E-state index is -0.490. The molecule has 0 saturated heterocycles. The number of methoxy groups -OCH3 is 1. The van der Waals surface area contributed by atoms with E-state index in [9.17, 15) is 14.9 Å². The number of H-pyrrole nitrogens is 1. The van der Waals surface area contributed by atoms with Crippen LogP contribution in [0.1, 0.15) is 16.9 Å². The van der Waals surface area contributed by atoms with Crippen molar-refractivity contribution in [1.29, 1.82) is 0 Å². The number of benzene rings is 2. The van der Waals surface area contributed by atoms with Gasteiger partial charge < -0.3 is 9.15 Å². The summed E-state index contributed by atoms with van der Waals surface area (Å²) in [5.74, 6) is 1.21. The van der Waals surface area contributed by atoms with Crippen LogP contribution in [-0.2, 0) is 0 Å². The highest BCUT2D eigenvalue weighted by atomic mass is 16.6. The zero-order valence-electron chi connectivity index (χ0n) is 17.8. The molecule has 2 heterocycles. The second kappa shape index (κ2) is 8.07. The molecule has 0 atom stereocenters. The molecule has 0 fully saturated rings. The second-order valence-electron chi connectivity index (χ2n) is 7.40. The van der Waals surface area contributed by atoms with Gasteiger partial charge in [0.2, 0.25) is 0 Å². The van der Waals surface area contributed by atoms with Gasteiger partial charge in [-0.3, -0.25) is 20.0 Å². The molecule has 8 heteroatoms. The Morgan fingerprint density at radius 1 is 1.12 bits per heavy atom. The summed E-state index contributed by atoms with van der Waals surface area (Å²) in [5.41, 5.74) is 3.18. The molecule has 0 aliphatic rings. The summed E-state index contributed by atoms with van der Waals surface area (Å²) in [6.07, 6.45) is 1.61. The largest absolute Gasteiger partial charge is 0.496 e. The Morgan fingerprint density at radius 2 is 1.91 bits per heavy atom. The van der Waals surface area contributed by atoms with Gasteiger partial charge in [-0.2, -0.15) is 0 Å². The molecule has 0 amide bonds. The molecule has 32 heavy (non-hydrogen) atoms. The molecule has 0 aliphatic heterocycles. The fourth-order valence-electron chi connectivity index (χ4n) is 3.41. The van der Waals surface area contributed by atoms with Crippen molar-refractivity contribution >= 4 is 18.3 Å². The quantitative estimate of drug-likeness (QED) is 0.386. The van der Waals surface area contributed by atoms with Crippen LogP contribution < -0.4 is 20.9 Å². The van der Waals surface area contributed by atoms with E-state index in [-0.39, 0.29) is 11.2 Å². The van der Waals surface area contributed by atoms with Crippen molar-refractivity contribution in [3.63, 3.8) is 0 Å². The van der Waals surface area contributed by atoms with Gasteiger partial charge in [-0.15, -0.1) is 0 Å². The van der Waals surface area contributed by atoms with E-state index in [1.165, 1.54) is 23.9 Å². The summed E-state index contributed by atoms with van der Waals surface area (Å²) in [7, 11) is 1.43. The molecule has 0 bridgehead atoms. The standard InChI is InChI=1S/C24H21N3O5/c1-14-5-6-17(11-15(14)2)26-24(28)21(16(3)25-26)13-19-8-10-22(32-19)20-9-7-18(27(29)30)12-23(20)31-4/h5-13,25H,3H2,1-2,4H3/b21-13+. The first-order valence-electron chi connectivity index (χ1n) is 9.80. The van der Waals surface area contributed by atoms with Gasteiger partial charge in [0.15, 0.2) is 0 Å². The first-order valence-corrected chi connectivity index (χ1v) is 9.80. The maximum Gasteiger partial charge on any atom is 0.279 e. The van der Waals surface area contributed by atoms with Gasteiger partial charge in [-0.1, -0.05) is 12.6 Å². The Morgan fingerprint density at radius 3 is 2.59 bits per heavy atom. The maximum atomic E-state index is 13.0. The zero-order valence-corrected chi connectivity index (χ0v) is 17.8. The van der Waals surface area contributed by atoms with E-state index < -0.39 is 4.92 Å². The Hall–Kier alpha value is -4.33. The molecule has 0 spiro atoms. The molecule has 1 N–H and O–H groups in total. The average Bonchev–Trinajstić information content (AvgIpc) is 3.35. The van der Waals surface area contributed by atoms with E-state index in [2.05, 4.69) is 11.7 Å². The molecule has 4 aromatic rings. The monoisotopic (exact) mass is 431 g/mol. The summed E-state index contributed by atoms with van der Waals surface area (Å²) < 4.78 is 12.6. The van der Waals surface area contributed by atoms with Crippen LogP contribution in [0.15, 0.2) is 57.7 Å². The van der Waals surface area contributed by atoms with Gasteiger partial charge in [0.1, 0.15) is 17.3 Å². The Bertz CT molecular complexity index is 1510. The van der Waals surface area contributed by atoms with Gasteiger partial charge >= 0.3 is 0 Å². The minimum absolute atomic E-state index is 0.0788. The van der Waals surface area contributed by atoms with Crippen molar-refractivity contribution in [2.24, 2.45) is 0 Å². The van der Waals surface area contributed by atoms with Gasteiger partial charge in [-0.05, 0) is 61.4 Å². The van der Waals surface area contributed by atoms with E-state index in [4.69, 9.17) is 9.15 Å². The van der Waals surface area contributed by atoms with Crippen LogP contribution in [0.4, 0.5) is 5.69 Å². The molecule has 0 unspecified atom stereocenters. The first kappa shape index (κ1) is 20.9. The molecule has 8 nitrogen and oxygen atoms in total. The smallest absolute Gasteiger partial charge is 0.279 e. The number of hydrogen-bond acceptors (Lipinski definition) is 5. The predicted molar refractivity (Wildman–Crippen MR) is 122 cm³/mol. The fourth-order valence-corrected chi connectivity index (χ4v) is 3.41. The topological polar surface area (TPSA) is 103 Å². The van der Waals surface area contributed by atoms with Crippen LogP contribution >= 0.6 is 0 Å². The van der Waals surface area contributed by atoms with Gasteiger partial charge in [-0.25, -0.2) is 4.68 Å². The Kier molecular flexibility index (Phi) is 5.28. The summed E-state index contributed by atoms with van der Waals surface area (Å²) in [5, 5.41) is 14.8. The number of hydrogen-bond donors (Lipinski definition) is 1. The van der Waals surface area contributed by atoms with Gasteiger partial charge in [0.05, 0.1) is 39.9 Å². The predicted octanol–water partition coefficient (Wildman–Crippen LogP) is 3.20. The lowest BCUT2D eigenvalue weighted by molar-refractivity contribution is -0.384. The number of aryl methyl sites for hydroxylation is 2. The van der Waals surface area contributed by atoms with E-state index in [0.717, 1.165) is 16.8 Å². The lowest BCUT2D eigenvalue weighted by Crippen LogP contribution is -2.33. The molecule has 0 saturated carbocycles. The number of nitrogens with zero attached hydrogens (tertiary/aromatic N) is 2. The number of nitro benzene ring substituents is 1. The van der Waals surface area contributed by atoms with Crippen LogP contribution in [0, 0.1) is 24.0 Å². The number of nitrogens with one attached hydrogen (secondary N) is 1. The normalized spacial score (nSPS) is 11.7. The minimum Gasteiger partial charge on any atom is -0.496 e. The average molecular weight is 431 g/mol. The van der Waals surface area contributed by atoms with Crippen molar-refractivity contribution in [3.8, 4) is 22.8 Å². The highest BCUT2D eigenvalue weighted by Gasteiger charge is 2.15. The Labute approximate surface area is 182 Å². The van der Waals surface area contributed by atoms with Crippen LogP contribution in [0.3, 0.4) is 0 Å². The van der Waals surface area contributed by atoms with Crippen molar-refractivity contribution in [1.82, 2.24) is 9.78 Å². The number of nitro groups is 1. The molecule has 4 rings (SSSR count). The van der Waals surface area contributed by atoms with Crippen molar-refractivity contribution < 1.29 is 14.1 Å². The van der Waals surface area contributed by atoms with Crippen LogP contribution in [0.5, 0.6) is 5.75 Å². The number of aromatic amines is 1. The van der Waals surface area contributed by atoms with Crippen LogP contribution in [-0.4, -0.2) is 21.8 Å². The first-order chi connectivity index (χ1) is 15.3. The third kappa shape index (κ3) is 3.74. The van der Waals surface area contributed by atoms with E-state index >= 15 is 0 Å². The lowest BCUT2D eigenvalue weighted by atomic mass is 10.1. The van der Waals surface area contributed by atoms with Gasteiger partial charge in [0, 0.05) is 6.07 Å². The molecule has 2 aromatic heterocycles. The summed E-state index contributed by atoms with van der Waals surface area (Å²) in [6.45, 7) is 7.95. The number of non-ortho nitro benzene ring substituents is 1. The molecule has 2 aromatic carbocycles. The lowest BCUT2D eigenvalue weighted by Gasteiger charge is -2.05. The SMILES string of the molecule is C=c1[nH]n(-c2ccc(C)c(C)c2)c(=O)/c1=C/c1ccc(-c2ccc([N+](=O)[O-])cc2OC)o1.